The zero-order valence-electron chi connectivity index (χ0n) is 9.65. The number of aromatic nitrogens is 2. The summed E-state index contributed by atoms with van der Waals surface area (Å²) in [5, 5.41) is 4.30. The maximum Gasteiger partial charge on any atom is 0.266 e. The lowest BCUT2D eigenvalue weighted by atomic mass is 9.88. The first kappa shape index (κ1) is 11.7. The van der Waals surface area contributed by atoms with Crippen LogP contribution in [0.3, 0.4) is 0 Å². The smallest absolute Gasteiger partial charge is 0.266 e. The van der Waals surface area contributed by atoms with E-state index in [-0.39, 0.29) is 11.0 Å². The summed E-state index contributed by atoms with van der Waals surface area (Å²) in [7, 11) is 0. The number of aryl methyl sites for hydroxylation is 1. The Morgan fingerprint density at radius 3 is 2.75 bits per heavy atom. The molecule has 1 fully saturated rings. The molecule has 0 amide bonds. The van der Waals surface area contributed by atoms with Crippen molar-refractivity contribution in [2.45, 2.75) is 39.2 Å². The Morgan fingerprint density at radius 1 is 1.44 bits per heavy atom. The molecule has 1 aliphatic carbocycles. The zero-order chi connectivity index (χ0) is 11.6. The fourth-order valence-corrected chi connectivity index (χ4v) is 2.89. The van der Waals surface area contributed by atoms with Crippen LogP contribution >= 0.6 is 12.6 Å². The maximum absolute atomic E-state index is 11.7. The summed E-state index contributed by atoms with van der Waals surface area (Å²) in [5.74, 6) is 0.842. The van der Waals surface area contributed by atoms with Gasteiger partial charge in [-0.2, -0.15) is 17.7 Å². The SMILES string of the molecule is Cc1ccc(=O)n(CC2(CS)CCCC2)n1. The summed E-state index contributed by atoms with van der Waals surface area (Å²) >= 11 is 4.45. The highest BCUT2D eigenvalue weighted by Crippen LogP contribution is 2.39. The predicted octanol–water partition coefficient (Wildman–Crippen LogP) is 2.04. The molecule has 1 aliphatic rings. The molecule has 0 radical (unpaired) electrons. The van der Waals surface area contributed by atoms with Crippen molar-refractivity contribution in [3.05, 3.63) is 28.2 Å². The fourth-order valence-electron chi connectivity index (χ4n) is 2.47. The summed E-state index contributed by atoms with van der Waals surface area (Å²) in [6.45, 7) is 2.63. The first-order chi connectivity index (χ1) is 7.65. The summed E-state index contributed by atoms with van der Waals surface area (Å²) in [6.07, 6.45) is 4.83. The Bertz CT molecular complexity index is 421. The molecule has 16 heavy (non-hydrogen) atoms. The molecule has 1 aromatic rings. The van der Waals surface area contributed by atoms with Crippen LogP contribution in [0.25, 0.3) is 0 Å². The molecule has 88 valence electrons. The minimum Gasteiger partial charge on any atom is -0.268 e. The van der Waals surface area contributed by atoms with Crippen LogP contribution in [0.5, 0.6) is 0 Å². The second kappa shape index (κ2) is 4.62. The van der Waals surface area contributed by atoms with Crippen molar-refractivity contribution >= 4 is 12.6 Å². The average Bonchev–Trinajstić information content (AvgIpc) is 2.73. The Kier molecular flexibility index (Phi) is 3.38. The molecule has 0 atom stereocenters. The summed E-state index contributed by atoms with van der Waals surface area (Å²) in [6, 6.07) is 3.37. The van der Waals surface area contributed by atoms with E-state index >= 15 is 0 Å². The lowest BCUT2D eigenvalue weighted by Crippen LogP contribution is -2.33. The van der Waals surface area contributed by atoms with E-state index in [1.54, 1.807) is 16.8 Å². The van der Waals surface area contributed by atoms with E-state index in [0.717, 1.165) is 18.0 Å². The summed E-state index contributed by atoms with van der Waals surface area (Å²) < 4.78 is 1.61. The van der Waals surface area contributed by atoms with Crippen molar-refractivity contribution in [1.29, 1.82) is 0 Å². The second-order valence-electron chi connectivity index (χ2n) is 4.84. The molecule has 0 spiro atoms. The monoisotopic (exact) mass is 238 g/mol. The molecule has 0 N–H and O–H groups in total. The van der Waals surface area contributed by atoms with Gasteiger partial charge in [-0.05, 0) is 37.0 Å². The number of hydrogen-bond donors (Lipinski definition) is 1. The predicted molar refractivity (Wildman–Crippen MR) is 68.0 cm³/mol. The highest BCUT2D eigenvalue weighted by atomic mass is 32.1. The normalized spacial score (nSPS) is 18.9. The molecule has 0 saturated heterocycles. The van der Waals surface area contributed by atoms with Gasteiger partial charge in [-0.15, -0.1) is 0 Å². The number of nitrogens with zero attached hydrogens (tertiary/aromatic N) is 2. The van der Waals surface area contributed by atoms with Crippen molar-refractivity contribution in [3.63, 3.8) is 0 Å². The van der Waals surface area contributed by atoms with E-state index in [9.17, 15) is 4.79 Å². The Balaban J connectivity index is 2.25. The molecule has 1 saturated carbocycles. The van der Waals surface area contributed by atoms with Crippen LogP contribution in [0.2, 0.25) is 0 Å². The Hall–Kier alpha value is -0.770. The topological polar surface area (TPSA) is 34.9 Å². The average molecular weight is 238 g/mol. The molecule has 1 aromatic heterocycles. The van der Waals surface area contributed by atoms with Crippen molar-refractivity contribution in [3.8, 4) is 0 Å². The first-order valence-electron chi connectivity index (χ1n) is 5.81. The Morgan fingerprint density at radius 2 is 2.12 bits per heavy atom. The third kappa shape index (κ3) is 2.32. The van der Waals surface area contributed by atoms with Gasteiger partial charge in [0.25, 0.3) is 5.56 Å². The van der Waals surface area contributed by atoms with Crippen molar-refractivity contribution < 1.29 is 0 Å². The van der Waals surface area contributed by atoms with E-state index in [1.165, 1.54) is 25.7 Å². The van der Waals surface area contributed by atoms with E-state index in [4.69, 9.17) is 0 Å². The second-order valence-corrected chi connectivity index (χ2v) is 5.15. The molecular formula is C12H18N2OS. The van der Waals surface area contributed by atoms with Gasteiger partial charge in [-0.1, -0.05) is 12.8 Å². The maximum atomic E-state index is 11.7. The van der Waals surface area contributed by atoms with Gasteiger partial charge in [0.15, 0.2) is 0 Å². The number of thiol groups is 1. The minimum absolute atomic E-state index is 0.00124. The Labute approximate surface area is 101 Å². The van der Waals surface area contributed by atoms with E-state index in [0.29, 0.717) is 0 Å². The largest absolute Gasteiger partial charge is 0.268 e. The molecule has 0 bridgehead atoms. The van der Waals surface area contributed by atoms with Crippen LogP contribution in [0, 0.1) is 12.3 Å². The molecule has 0 aromatic carbocycles. The standard InChI is InChI=1S/C12H18N2OS/c1-10-4-5-11(15)14(13-10)8-12(9-16)6-2-3-7-12/h4-5,16H,2-3,6-9H2,1H3. The van der Waals surface area contributed by atoms with Crippen molar-refractivity contribution in [2.24, 2.45) is 5.41 Å². The summed E-state index contributed by atoms with van der Waals surface area (Å²) in [4.78, 5) is 11.7. The fraction of sp³-hybridized carbons (Fsp3) is 0.667. The molecule has 4 heteroatoms. The molecule has 0 aliphatic heterocycles. The third-order valence-corrected chi connectivity index (χ3v) is 4.16. The minimum atomic E-state index is -0.00124. The van der Waals surface area contributed by atoms with Crippen LogP contribution in [0.4, 0.5) is 0 Å². The van der Waals surface area contributed by atoms with Gasteiger partial charge < -0.3 is 0 Å². The van der Waals surface area contributed by atoms with Gasteiger partial charge in [0.05, 0.1) is 12.2 Å². The number of hydrogen-bond acceptors (Lipinski definition) is 3. The van der Waals surface area contributed by atoms with Gasteiger partial charge in [0.1, 0.15) is 0 Å². The summed E-state index contributed by atoms with van der Waals surface area (Å²) in [5.41, 5.74) is 1.08. The van der Waals surface area contributed by atoms with Crippen LogP contribution < -0.4 is 5.56 Å². The van der Waals surface area contributed by atoms with Gasteiger partial charge in [-0.25, -0.2) is 4.68 Å². The van der Waals surface area contributed by atoms with Gasteiger partial charge in [0, 0.05) is 6.07 Å². The molecular weight excluding hydrogens is 220 g/mol. The van der Waals surface area contributed by atoms with Crippen LogP contribution in [0.15, 0.2) is 16.9 Å². The van der Waals surface area contributed by atoms with Crippen LogP contribution in [-0.2, 0) is 6.54 Å². The highest BCUT2D eigenvalue weighted by Gasteiger charge is 2.33. The van der Waals surface area contributed by atoms with Gasteiger partial charge >= 0.3 is 0 Å². The lowest BCUT2D eigenvalue weighted by Gasteiger charge is -2.26. The molecule has 3 nitrogen and oxygen atoms in total. The van der Waals surface area contributed by atoms with Crippen LogP contribution in [0.1, 0.15) is 31.4 Å². The lowest BCUT2D eigenvalue weighted by molar-refractivity contribution is 0.269. The molecule has 0 unspecified atom stereocenters. The van der Waals surface area contributed by atoms with Crippen molar-refractivity contribution in [2.75, 3.05) is 5.75 Å². The molecule has 1 heterocycles. The molecule has 2 rings (SSSR count). The highest BCUT2D eigenvalue weighted by molar-refractivity contribution is 7.80. The first-order valence-corrected chi connectivity index (χ1v) is 6.44. The van der Waals surface area contributed by atoms with E-state index < -0.39 is 0 Å². The zero-order valence-corrected chi connectivity index (χ0v) is 10.5. The quantitative estimate of drug-likeness (QED) is 0.818. The van der Waals surface area contributed by atoms with E-state index in [2.05, 4.69) is 17.7 Å². The van der Waals surface area contributed by atoms with Gasteiger partial charge in [0.2, 0.25) is 0 Å². The van der Waals surface area contributed by atoms with Crippen molar-refractivity contribution in [1.82, 2.24) is 9.78 Å². The van der Waals surface area contributed by atoms with E-state index in [1.807, 2.05) is 6.92 Å². The van der Waals surface area contributed by atoms with Crippen LogP contribution in [-0.4, -0.2) is 15.5 Å². The number of rotatable bonds is 3. The van der Waals surface area contributed by atoms with Gasteiger partial charge in [-0.3, -0.25) is 4.79 Å². The third-order valence-electron chi connectivity index (χ3n) is 3.48.